The highest BCUT2D eigenvalue weighted by molar-refractivity contribution is 5.81. The Labute approximate surface area is 121 Å². The van der Waals surface area contributed by atoms with Crippen LogP contribution in [0.15, 0.2) is 35.3 Å². The molecule has 1 aromatic rings. The Morgan fingerprint density at radius 1 is 1.25 bits per heavy atom. The van der Waals surface area contributed by atoms with Gasteiger partial charge in [0.2, 0.25) is 0 Å². The van der Waals surface area contributed by atoms with Crippen LogP contribution in [0.3, 0.4) is 0 Å². The number of nitrogens with two attached hydrogens (primary N) is 1. The standard InChI is InChI=1S/C17H25N3/c1-2-12-20-16(18)19-13-17(20)10-8-15(9-11-17)14-6-4-3-5-7-14/h3-7,15H,2,8-13H2,1H3,(H2,18,19). The molecule has 1 heterocycles. The lowest BCUT2D eigenvalue weighted by atomic mass is 9.73. The fraction of sp³-hybridized carbons (Fsp3) is 0.588. The number of hydrogen-bond acceptors (Lipinski definition) is 3. The molecule has 1 fully saturated rings. The van der Waals surface area contributed by atoms with Gasteiger partial charge >= 0.3 is 0 Å². The maximum Gasteiger partial charge on any atom is 0.191 e. The van der Waals surface area contributed by atoms with Crippen LogP contribution in [-0.4, -0.2) is 29.5 Å². The van der Waals surface area contributed by atoms with Crippen LogP contribution < -0.4 is 5.73 Å². The summed E-state index contributed by atoms with van der Waals surface area (Å²) in [7, 11) is 0. The van der Waals surface area contributed by atoms with Crippen molar-refractivity contribution in [2.24, 2.45) is 10.7 Å². The van der Waals surface area contributed by atoms with E-state index in [0.29, 0.717) is 5.92 Å². The first kappa shape index (κ1) is 13.5. The van der Waals surface area contributed by atoms with E-state index < -0.39 is 0 Å². The molecule has 0 radical (unpaired) electrons. The van der Waals surface area contributed by atoms with Crippen molar-refractivity contribution in [2.75, 3.05) is 13.1 Å². The molecule has 0 amide bonds. The van der Waals surface area contributed by atoms with Crippen molar-refractivity contribution in [1.29, 1.82) is 0 Å². The largest absolute Gasteiger partial charge is 0.370 e. The molecule has 0 atom stereocenters. The van der Waals surface area contributed by atoms with Gasteiger partial charge in [0.15, 0.2) is 5.96 Å². The molecule has 0 bridgehead atoms. The molecule has 0 saturated heterocycles. The van der Waals surface area contributed by atoms with Gasteiger partial charge in [-0.05, 0) is 43.6 Å². The average Bonchev–Trinajstić information content (AvgIpc) is 2.79. The number of nitrogens with zero attached hydrogens (tertiary/aromatic N) is 2. The molecular weight excluding hydrogens is 246 g/mol. The molecule has 1 spiro atoms. The zero-order valence-corrected chi connectivity index (χ0v) is 12.4. The second-order valence-corrected chi connectivity index (χ2v) is 6.24. The molecule has 3 heteroatoms. The van der Waals surface area contributed by atoms with Crippen molar-refractivity contribution >= 4 is 5.96 Å². The molecule has 0 aromatic heterocycles. The summed E-state index contributed by atoms with van der Waals surface area (Å²) < 4.78 is 0. The van der Waals surface area contributed by atoms with Crippen LogP contribution in [0.2, 0.25) is 0 Å². The highest BCUT2D eigenvalue weighted by Crippen LogP contribution is 2.42. The van der Waals surface area contributed by atoms with Crippen molar-refractivity contribution in [1.82, 2.24) is 4.90 Å². The molecule has 20 heavy (non-hydrogen) atoms. The van der Waals surface area contributed by atoms with Gasteiger partial charge in [-0.25, -0.2) is 0 Å². The lowest BCUT2D eigenvalue weighted by Crippen LogP contribution is -2.53. The monoisotopic (exact) mass is 271 g/mol. The zero-order chi connectivity index (χ0) is 14.0. The summed E-state index contributed by atoms with van der Waals surface area (Å²) in [5.74, 6) is 1.48. The van der Waals surface area contributed by atoms with Crippen molar-refractivity contribution in [3.63, 3.8) is 0 Å². The third-order valence-electron chi connectivity index (χ3n) is 5.02. The molecule has 1 aromatic carbocycles. The van der Waals surface area contributed by atoms with Gasteiger partial charge in [-0.1, -0.05) is 37.3 Å². The lowest BCUT2D eigenvalue weighted by molar-refractivity contribution is 0.132. The summed E-state index contributed by atoms with van der Waals surface area (Å²) >= 11 is 0. The highest BCUT2D eigenvalue weighted by Gasteiger charge is 2.44. The van der Waals surface area contributed by atoms with Gasteiger partial charge in [0.1, 0.15) is 0 Å². The minimum Gasteiger partial charge on any atom is -0.370 e. The van der Waals surface area contributed by atoms with E-state index in [1.165, 1.54) is 31.2 Å². The number of hydrogen-bond donors (Lipinski definition) is 1. The predicted octanol–water partition coefficient (Wildman–Crippen LogP) is 3.12. The Balaban J connectivity index is 1.69. The Kier molecular flexibility index (Phi) is 3.68. The zero-order valence-electron chi connectivity index (χ0n) is 12.4. The first-order valence-electron chi connectivity index (χ1n) is 7.88. The van der Waals surface area contributed by atoms with Crippen LogP contribution in [0.5, 0.6) is 0 Å². The highest BCUT2D eigenvalue weighted by atomic mass is 15.4. The summed E-state index contributed by atoms with van der Waals surface area (Å²) in [6, 6.07) is 10.9. The molecular formula is C17H25N3. The Morgan fingerprint density at radius 3 is 2.60 bits per heavy atom. The third-order valence-corrected chi connectivity index (χ3v) is 5.02. The maximum absolute atomic E-state index is 6.09. The molecule has 108 valence electrons. The molecule has 1 saturated carbocycles. The average molecular weight is 271 g/mol. The van der Waals surface area contributed by atoms with Gasteiger partial charge in [-0.15, -0.1) is 0 Å². The second-order valence-electron chi connectivity index (χ2n) is 6.24. The van der Waals surface area contributed by atoms with E-state index in [2.05, 4.69) is 47.1 Å². The van der Waals surface area contributed by atoms with Crippen LogP contribution in [0.1, 0.15) is 50.5 Å². The van der Waals surface area contributed by atoms with E-state index in [9.17, 15) is 0 Å². The van der Waals surface area contributed by atoms with Crippen LogP contribution in [0.25, 0.3) is 0 Å². The Bertz CT molecular complexity index is 472. The first-order chi connectivity index (χ1) is 9.75. The van der Waals surface area contributed by atoms with Crippen LogP contribution >= 0.6 is 0 Å². The van der Waals surface area contributed by atoms with Crippen molar-refractivity contribution in [3.8, 4) is 0 Å². The number of benzene rings is 1. The quantitative estimate of drug-likeness (QED) is 0.917. The second kappa shape index (κ2) is 5.47. The molecule has 1 aliphatic heterocycles. The molecule has 0 unspecified atom stereocenters. The van der Waals surface area contributed by atoms with Crippen molar-refractivity contribution in [3.05, 3.63) is 35.9 Å². The van der Waals surface area contributed by atoms with E-state index in [0.717, 1.165) is 25.5 Å². The maximum atomic E-state index is 6.09. The van der Waals surface area contributed by atoms with E-state index >= 15 is 0 Å². The van der Waals surface area contributed by atoms with Gasteiger partial charge in [-0.2, -0.15) is 0 Å². The van der Waals surface area contributed by atoms with Crippen LogP contribution in [0, 0.1) is 0 Å². The van der Waals surface area contributed by atoms with Gasteiger partial charge in [0.25, 0.3) is 0 Å². The molecule has 3 rings (SSSR count). The van der Waals surface area contributed by atoms with Gasteiger partial charge in [0, 0.05) is 6.54 Å². The lowest BCUT2D eigenvalue weighted by Gasteiger charge is -2.44. The van der Waals surface area contributed by atoms with E-state index in [4.69, 9.17) is 5.73 Å². The van der Waals surface area contributed by atoms with E-state index in [-0.39, 0.29) is 5.54 Å². The summed E-state index contributed by atoms with van der Waals surface area (Å²) in [6.07, 6.45) is 6.09. The SMILES string of the molecule is CCCN1C(N)=NCC12CCC(c1ccccc1)CC2. The number of aliphatic imine (C=N–C) groups is 1. The van der Waals surface area contributed by atoms with Gasteiger partial charge in [-0.3, -0.25) is 4.99 Å². The van der Waals surface area contributed by atoms with E-state index in [1.54, 1.807) is 0 Å². The molecule has 3 nitrogen and oxygen atoms in total. The third kappa shape index (κ3) is 2.30. The van der Waals surface area contributed by atoms with E-state index in [1.807, 2.05) is 0 Å². The topological polar surface area (TPSA) is 41.6 Å². The van der Waals surface area contributed by atoms with Crippen molar-refractivity contribution in [2.45, 2.75) is 50.5 Å². The summed E-state index contributed by atoms with van der Waals surface area (Å²) in [5.41, 5.74) is 7.82. The Hall–Kier alpha value is -1.51. The normalized spacial score (nSPS) is 29.8. The fourth-order valence-corrected chi connectivity index (χ4v) is 3.86. The minimum absolute atomic E-state index is 0.228. The predicted molar refractivity (Wildman–Crippen MR) is 83.9 cm³/mol. The molecule has 1 aliphatic carbocycles. The number of guanidine groups is 1. The van der Waals surface area contributed by atoms with Crippen molar-refractivity contribution < 1.29 is 0 Å². The number of rotatable bonds is 3. The van der Waals surface area contributed by atoms with Gasteiger partial charge in [0.05, 0.1) is 12.1 Å². The molecule has 2 aliphatic rings. The Morgan fingerprint density at radius 2 is 1.95 bits per heavy atom. The molecule has 2 N–H and O–H groups in total. The summed E-state index contributed by atoms with van der Waals surface area (Å²) in [5, 5.41) is 0. The fourth-order valence-electron chi connectivity index (χ4n) is 3.86. The minimum atomic E-state index is 0.228. The van der Waals surface area contributed by atoms with Gasteiger partial charge < -0.3 is 10.6 Å². The summed E-state index contributed by atoms with van der Waals surface area (Å²) in [6.45, 7) is 4.17. The summed E-state index contributed by atoms with van der Waals surface area (Å²) in [4.78, 5) is 6.91. The smallest absolute Gasteiger partial charge is 0.191 e. The van der Waals surface area contributed by atoms with Crippen LogP contribution in [-0.2, 0) is 0 Å². The van der Waals surface area contributed by atoms with Crippen LogP contribution in [0.4, 0.5) is 0 Å². The first-order valence-corrected chi connectivity index (χ1v) is 7.88.